The normalized spacial score (nSPS) is 19.6. The zero-order valence-corrected chi connectivity index (χ0v) is 13.0. The fraction of sp³-hybridized carbons (Fsp3) is 0.647. The van der Waals surface area contributed by atoms with Crippen LogP contribution in [0, 0.1) is 13.8 Å². The molecule has 1 fully saturated rings. The molecule has 1 N–H and O–H groups in total. The molecule has 0 saturated heterocycles. The molecule has 3 nitrogen and oxygen atoms in total. The second-order valence-corrected chi connectivity index (χ2v) is 5.93. The third-order valence-corrected chi connectivity index (χ3v) is 4.59. The predicted molar refractivity (Wildman–Crippen MR) is 80.3 cm³/mol. The summed E-state index contributed by atoms with van der Waals surface area (Å²) in [6.45, 7) is 4.07. The molecule has 1 aromatic carbocycles. The van der Waals surface area contributed by atoms with E-state index in [1.54, 1.807) is 14.2 Å². The van der Waals surface area contributed by atoms with Gasteiger partial charge < -0.3 is 14.6 Å². The van der Waals surface area contributed by atoms with E-state index in [2.05, 4.69) is 6.07 Å². The van der Waals surface area contributed by atoms with Crippen LogP contribution in [-0.4, -0.2) is 24.9 Å². The molecular weight excluding hydrogens is 252 g/mol. The molecule has 112 valence electrons. The summed E-state index contributed by atoms with van der Waals surface area (Å²) in [4.78, 5) is 0. The third-order valence-electron chi connectivity index (χ3n) is 4.59. The van der Waals surface area contributed by atoms with Gasteiger partial charge in [0, 0.05) is 12.7 Å². The van der Waals surface area contributed by atoms with Crippen molar-refractivity contribution in [2.45, 2.75) is 57.7 Å². The minimum Gasteiger partial charge on any atom is -0.496 e. The van der Waals surface area contributed by atoms with Crippen molar-refractivity contribution in [2.75, 3.05) is 14.2 Å². The fourth-order valence-corrected chi connectivity index (χ4v) is 3.46. The molecule has 0 aromatic heterocycles. The molecule has 2 rings (SSSR count). The SMILES string of the molecule is COc1cc(C)cc(C)c1C(O)C1(OC)CCCCC1. The second kappa shape index (κ2) is 6.15. The van der Waals surface area contributed by atoms with Crippen LogP contribution in [0.4, 0.5) is 0 Å². The second-order valence-electron chi connectivity index (χ2n) is 5.93. The first-order valence-corrected chi connectivity index (χ1v) is 7.42. The van der Waals surface area contributed by atoms with E-state index in [1.165, 1.54) is 6.42 Å². The molecule has 1 aromatic rings. The molecule has 0 heterocycles. The van der Waals surface area contributed by atoms with Gasteiger partial charge in [-0.25, -0.2) is 0 Å². The van der Waals surface area contributed by atoms with E-state index >= 15 is 0 Å². The lowest BCUT2D eigenvalue weighted by Gasteiger charge is -2.40. The highest BCUT2D eigenvalue weighted by molar-refractivity contribution is 5.45. The highest BCUT2D eigenvalue weighted by Gasteiger charge is 2.41. The van der Waals surface area contributed by atoms with E-state index in [9.17, 15) is 5.11 Å². The van der Waals surface area contributed by atoms with Crippen molar-refractivity contribution < 1.29 is 14.6 Å². The number of aliphatic hydroxyl groups excluding tert-OH is 1. The van der Waals surface area contributed by atoms with Crippen LogP contribution in [-0.2, 0) is 4.74 Å². The lowest BCUT2D eigenvalue weighted by atomic mass is 9.77. The van der Waals surface area contributed by atoms with Gasteiger partial charge in [0.25, 0.3) is 0 Å². The van der Waals surface area contributed by atoms with Crippen LogP contribution in [0.25, 0.3) is 0 Å². The van der Waals surface area contributed by atoms with Crippen molar-refractivity contribution >= 4 is 0 Å². The largest absolute Gasteiger partial charge is 0.496 e. The van der Waals surface area contributed by atoms with Gasteiger partial charge in [0.1, 0.15) is 11.9 Å². The minimum atomic E-state index is -0.636. The number of methoxy groups -OCH3 is 2. The van der Waals surface area contributed by atoms with Crippen molar-refractivity contribution in [3.05, 3.63) is 28.8 Å². The third kappa shape index (κ3) is 2.70. The molecule has 0 radical (unpaired) electrons. The van der Waals surface area contributed by atoms with E-state index in [-0.39, 0.29) is 0 Å². The van der Waals surface area contributed by atoms with Crippen LogP contribution >= 0.6 is 0 Å². The molecule has 1 aliphatic carbocycles. The molecule has 3 heteroatoms. The summed E-state index contributed by atoms with van der Waals surface area (Å²) >= 11 is 0. The van der Waals surface area contributed by atoms with E-state index in [0.717, 1.165) is 48.1 Å². The number of aryl methyl sites for hydroxylation is 2. The molecule has 1 saturated carbocycles. The fourth-order valence-electron chi connectivity index (χ4n) is 3.46. The van der Waals surface area contributed by atoms with Crippen molar-refractivity contribution in [2.24, 2.45) is 0 Å². The summed E-state index contributed by atoms with van der Waals surface area (Å²) in [6, 6.07) is 4.07. The van der Waals surface area contributed by atoms with Gasteiger partial charge >= 0.3 is 0 Å². The summed E-state index contributed by atoms with van der Waals surface area (Å²) in [7, 11) is 3.37. The first-order valence-electron chi connectivity index (χ1n) is 7.42. The van der Waals surface area contributed by atoms with Gasteiger partial charge in [-0.2, -0.15) is 0 Å². The lowest BCUT2D eigenvalue weighted by Crippen LogP contribution is -2.41. The molecular formula is C17H26O3. The number of ether oxygens (including phenoxy) is 2. The lowest BCUT2D eigenvalue weighted by molar-refractivity contribution is -0.126. The van der Waals surface area contributed by atoms with Gasteiger partial charge in [-0.05, 0) is 43.9 Å². The Morgan fingerprint density at radius 3 is 2.30 bits per heavy atom. The standard InChI is InChI=1S/C17H26O3/c1-12-10-13(2)15(14(11-12)19-3)16(18)17(20-4)8-6-5-7-9-17/h10-11,16,18H,5-9H2,1-4H3. The highest BCUT2D eigenvalue weighted by Crippen LogP contribution is 2.44. The van der Waals surface area contributed by atoms with Gasteiger partial charge in [0.2, 0.25) is 0 Å². The highest BCUT2D eigenvalue weighted by atomic mass is 16.5. The van der Waals surface area contributed by atoms with E-state index in [1.807, 2.05) is 19.9 Å². The Morgan fingerprint density at radius 1 is 1.10 bits per heavy atom. The van der Waals surface area contributed by atoms with Gasteiger partial charge in [0.05, 0.1) is 12.7 Å². The molecule has 20 heavy (non-hydrogen) atoms. The molecule has 0 amide bonds. The average molecular weight is 278 g/mol. The van der Waals surface area contributed by atoms with Crippen LogP contribution < -0.4 is 4.74 Å². The van der Waals surface area contributed by atoms with Crippen molar-refractivity contribution in [3.63, 3.8) is 0 Å². The average Bonchev–Trinajstić information content (AvgIpc) is 2.46. The van der Waals surface area contributed by atoms with Crippen molar-refractivity contribution in [3.8, 4) is 5.75 Å². The van der Waals surface area contributed by atoms with E-state index < -0.39 is 11.7 Å². The van der Waals surface area contributed by atoms with Crippen LogP contribution in [0.1, 0.15) is 54.9 Å². The minimum absolute atomic E-state index is 0.467. The molecule has 1 unspecified atom stereocenters. The maximum absolute atomic E-state index is 11.0. The zero-order chi connectivity index (χ0) is 14.8. The maximum atomic E-state index is 11.0. The quantitative estimate of drug-likeness (QED) is 0.912. The van der Waals surface area contributed by atoms with E-state index in [0.29, 0.717) is 0 Å². The van der Waals surface area contributed by atoms with E-state index in [4.69, 9.17) is 9.47 Å². The van der Waals surface area contributed by atoms with Crippen molar-refractivity contribution in [1.29, 1.82) is 0 Å². The first kappa shape index (κ1) is 15.3. The Balaban J connectivity index is 2.43. The van der Waals surface area contributed by atoms with Gasteiger partial charge in [-0.1, -0.05) is 25.3 Å². The Bertz CT molecular complexity index is 462. The summed E-state index contributed by atoms with van der Waals surface area (Å²) < 4.78 is 11.3. The number of hydrogen-bond donors (Lipinski definition) is 1. The molecule has 0 aliphatic heterocycles. The first-order chi connectivity index (χ1) is 9.54. The Labute approximate surface area is 121 Å². The molecule has 0 bridgehead atoms. The van der Waals surface area contributed by atoms with Crippen molar-refractivity contribution in [1.82, 2.24) is 0 Å². The summed E-state index contributed by atoms with van der Waals surface area (Å²) in [5.41, 5.74) is 2.62. The smallest absolute Gasteiger partial charge is 0.125 e. The van der Waals surface area contributed by atoms with Gasteiger partial charge in [-0.15, -0.1) is 0 Å². The molecule has 0 spiro atoms. The molecule has 1 aliphatic rings. The number of aliphatic hydroxyl groups is 1. The Hall–Kier alpha value is -1.06. The van der Waals surface area contributed by atoms with Gasteiger partial charge in [-0.3, -0.25) is 0 Å². The monoisotopic (exact) mass is 278 g/mol. The Kier molecular flexibility index (Phi) is 4.71. The number of rotatable bonds is 4. The Morgan fingerprint density at radius 2 is 1.75 bits per heavy atom. The predicted octanol–water partition coefficient (Wildman–Crippen LogP) is 3.69. The number of hydrogen-bond acceptors (Lipinski definition) is 3. The van der Waals surface area contributed by atoms with Gasteiger partial charge in [0.15, 0.2) is 0 Å². The van der Waals surface area contributed by atoms with Crippen LogP contribution in [0.3, 0.4) is 0 Å². The van der Waals surface area contributed by atoms with Crippen LogP contribution in [0.15, 0.2) is 12.1 Å². The topological polar surface area (TPSA) is 38.7 Å². The summed E-state index contributed by atoms with van der Waals surface area (Å²) in [5, 5.41) is 11.0. The van der Waals surface area contributed by atoms with Crippen LogP contribution in [0.5, 0.6) is 5.75 Å². The van der Waals surface area contributed by atoms with Crippen LogP contribution in [0.2, 0.25) is 0 Å². The molecule has 1 atom stereocenters. The maximum Gasteiger partial charge on any atom is 0.125 e. The summed E-state index contributed by atoms with van der Waals surface area (Å²) in [5.74, 6) is 0.761. The number of benzene rings is 1. The zero-order valence-electron chi connectivity index (χ0n) is 13.0. The summed E-state index contributed by atoms with van der Waals surface area (Å²) in [6.07, 6.45) is 4.61.